The van der Waals surface area contributed by atoms with E-state index in [2.05, 4.69) is 27.5 Å². The molecule has 0 aliphatic carbocycles. The van der Waals surface area contributed by atoms with E-state index < -0.39 is 0 Å². The van der Waals surface area contributed by atoms with E-state index in [9.17, 15) is 0 Å². The van der Waals surface area contributed by atoms with Crippen LogP contribution in [0.15, 0.2) is 30.6 Å². The number of hydrogen-bond donors (Lipinski definition) is 1. The molecule has 0 unspecified atom stereocenters. The summed E-state index contributed by atoms with van der Waals surface area (Å²) in [7, 11) is 0. The number of halogens is 1. The van der Waals surface area contributed by atoms with Crippen LogP contribution in [0, 0.1) is 6.92 Å². The van der Waals surface area contributed by atoms with Crippen LogP contribution in [0.25, 0.3) is 5.65 Å². The molecular formula is C16H18ClN5O. The molecule has 0 radical (unpaired) electrons. The number of hydrogen-bond acceptors (Lipinski definition) is 5. The topological polar surface area (TPSA) is 64.3 Å². The van der Waals surface area contributed by atoms with Crippen LogP contribution in [-0.2, 0) is 6.54 Å². The molecule has 2 heterocycles. The summed E-state index contributed by atoms with van der Waals surface area (Å²) < 4.78 is 7.44. The molecule has 0 spiro atoms. The largest absolute Gasteiger partial charge is 0.493 e. The second kappa shape index (κ2) is 6.83. The maximum absolute atomic E-state index is 6.12. The molecule has 1 aromatic carbocycles. The highest BCUT2D eigenvalue weighted by molar-refractivity contribution is 6.30. The third-order valence-electron chi connectivity index (χ3n) is 3.34. The molecule has 0 saturated heterocycles. The molecule has 3 rings (SSSR count). The van der Waals surface area contributed by atoms with Crippen LogP contribution in [0.4, 0.5) is 5.69 Å². The van der Waals surface area contributed by atoms with Gasteiger partial charge in [0.1, 0.15) is 12.1 Å². The van der Waals surface area contributed by atoms with Gasteiger partial charge in [0, 0.05) is 17.1 Å². The highest BCUT2D eigenvalue weighted by Gasteiger charge is 2.09. The van der Waals surface area contributed by atoms with Crippen molar-refractivity contribution in [1.29, 1.82) is 0 Å². The Kier molecular flexibility index (Phi) is 4.62. The maximum atomic E-state index is 6.12. The molecule has 1 N–H and O–H groups in total. The van der Waals surface area contributed by atoms with Gasteiger partial charge in [-0.1, -0.05) is 18.5 Å². The van der Waals surface area contributed by atoms with Crippen LogP contribution in [0.3, 0.4) is 0 Å². The van der Waals surface area contributed by atoms with E-state index in [0.29, 0.717) is 23.8 Å². The monoisotopic (exact) mass is 331 g/mol. The van der Waals surface area contributed by atoms with Gasteiger partial charge in [0.05, 0.1) is 18.0 Å². The smallest absolute Gasteiger partial charge is 0.200 e. The fraction of sp³-hybridized carbons (Fsp3) is 0.312. The Balaban J connectivity index is 1.84. The van der Waals surface area contributed by atoms with Crippen molar-refractivity contribution in [2.24, 2.45) is 0 Å². The van der Waals surface area contributed by atoms with E-state index in [1.54, 1.807) is 10.8 Å². The summed E-state index contributed by atoms with van der Waals surface area (Å²) in [6.45, 7) is 5.26. The first-order valence-corrected chi connectivity index (χ1v) is 7.88. The minimum Gasteiger partial charge on any atom is -0.493 e. The van der Waals surface area contributed by atoms with Crippen molar-refractivity contribution < 1.29 is 4.74 Å². The van der Waals surface area contributed by atoms with Gasteiger partial charge in [0.15, 0.2) is 0 Å². The first-order chi connectivity index (χ1) is 11.2. The molecule has 0 atom stereocenters. The number of aromatic nitrogens is 4. The number of aryl methyl sites for hydroxylation is 1. The highest BCUT2D eigenvalue weighted by Crippen LogP contribution is 2.25. The summed E-state index contributed by atoms with van der Waals surface area (Å²) in [5.74, 6) is 0.840. The minimum absolute atomic E-state index is 0.575. The molecule has 7 heteroatoms. The lowest BCUT2D eigenvalue weighted by atomic mass is 10.2. The number of fused-ring (bicyclic) bond motifs is 1. The summed E-state index contributed by atoms with van der Waals surface area (Å²) >= 11 is 6.12. The number of rotatable bonds is 6. The number of benzene rings is 1. The van der Waals surface area contributed by atoms with Crippen molar-refractivity contribution in [2.75, 3.05) is 11.9 Å². The molecule has 2 aromatic heterocycles. The van der Waals surface area contributed by atoms with Crippen molar-refractivity contribution in [2.45, 2.75) is 26.8 Å². The van der Waals surface area contributed by atoms with Crippen LogP contribution < -0.4 is 10.1 Å². The van der Waals surface area contributed by atoms with Crippen molar-refractivity contribution in [3.63, 3.8) is 0 Å². The lowest BCUT2D eigenvalue weighted by molar-refractivity contribution is 0.314. The molecule has 0 aliphatic rings. The lowest BCUT2D eigenvalue weighted by Crippen LogP contribution is -2.06. The first kappa shape index (κ1) is 15.6. The molecule has 0 bridgehead atoms. The van der Waals surface area contributed by atoms with E-state index in [4.69, 9.17) is 16.3 Å². The Morgan fingerprint density at radius 3 is 3.00 bits per heavy atom. The quantitative estimate of drug-likeness (QED) is 0.749. The fourth-order valence-corrected chi connectivity index (χ4v) is 2.51. The van der Waals surface area contributed by atoms with Crippen LogP contribution >= 0.6 is 11.6 Å². The Morgan fingerprint density at radius 1 is 1.30 bits per heavy atom. The third kappa shape index (κ3) is 3.53. The Hall–Kier alpha value is -2.34. The zero-order valence-electron chi connectivity index (χ0n) is 13.1. The van der Waals surface area contributed by atoms with Gasteiger partial charge in [0.2, 0.25) is 5.65 Å². The fourth-order valence-electron chi connectivity index (χ4n) is 2.31. The zero-order chi connectivity index (χ0) is 16.2. The molecule has 6 nitrogen and oxygen atoms in total. The minimum atomic E-state index is 0.575. The molecule has 0 aliphatic heterocycles. The van der Waals surface area contributed by atoms with E-state index in [1.165, 1.54) is 0 Å². The molecule has 0 fully saturated rings. The van der Waals surface area contributed by atoms with Gasteiger partial charge in [-0.2, -0.15) is 9.61 Å². The molecule has 23 heavy (non-hydrogen) atoms. The third-order valence-corrected chi connectivity index (χ3v) is 3.58. The molecule has 0 amide bonds. The summed E-state index contributed by atoms with van der Waals surface area (Å²) in [6.07, 6.45) is 2.54. The van der Waals surface area contributed by atoms with Crippen molar-refractivity contribution in [1.82, 2.24) is 19.8 Å². The standard InChI is InChI=1S/C16H18ClN5O/c1-3-6-23-15-5-4-13(17)8-12(15)9-18-14-7-11(2)21-22-10-19-20-16(14)22/h4-5,7-8,10,18H,3,6,9H2,1-2H3. The summed E-state index contributed by atoms with van der Waals surface area (Å²) in [5, 5.41) is 16.4. The number of nitrogens with one attached hydrogen (secondary N) is 1. The van der Waals surface area contributed by atoms with Crippen LogP contribution in [0.1, 0.15) is 24.6 Å². The number of nitrogens with zero attached hydrogens (tertiary/aromatic N) is 4. The summed E-state index contributed by atoms with van der Waals surface area (Å²) in [5.41, 5.74) is 3.44. The summed E-state index contributed by atoms with van der Waals surface area (Å²) in [6, 6.07) is 7.60. The predicted octanol–water partition coefficient (Wildman–Crippen LogP) is 3.49. The Labute approximate surface area is 139 Å². The lowest BCUT2D eigenvalue weighted by Gasteiger charge is -2.13. The van der Waals surface area contributed by atoms with E-state index in [-0.39, 0.29) is 0 Å². The van der Waals surface area contributed by atoms with Gasteiger partial charge in [0.25, 0.3) is 0 Å². The Morgan fingerprint density at radius 2 is 2.17 bits per heavy atom. The molecule has 120 valence electrons. The van der Waals surface area contributed by atoms with E-state index in [0.717, 1.165) is 29.1 Å². The SMILES string of the molecule is CCCOc1ccc(Cl)cc1CNc1cc(C)nn2cnnc12. The van der Waals surface area contributed by atoms with E-state index in [1.807, 2.05) is 31.2 Å². The average molecular weight is 332 g/mol. The normalized spacial score (nSPS) is 10.9. The van der Waals surface area contributed by atoms with Crippen molar-refractivity contribution >= 4 is 22.9 Å². The first-order valence-electron chi connectivity index (χ1n) is 7.50. The maximum Gasteiger partial charge on any atom is 0.200 e. The highest BCUT2D eigenvalue weighted by atomic mass is 35.5. The van der Waals surface area contributed by atoms with Gasteiger partial charge < -0.3 is 10.1 Å². The molecule has 3 aromatic rings. The van der Waals surface area contributed by atoms with Gasteiger partial charge in [-0.3, -0.25) is 0 Å². The second-order valence-electron chi connectivity index (χ2n) is 5.25. The van der Waals surface area contributed by atoms with Gasteiger partial charge in [-0.15, -0.1) is 10.2 Å². The van der Waals surface area contributed by atoms with E-state index >= 15 is 0 Å². The van der Waals surface area contributed by atoms with Gasteiger partial charge in [-0.05, 0) is 37.6 Å². The van der Waals surface area contributed by atoms with Crippen LogP contribution in [0.5, 0.6) is 5.75 Å². The molecule has 0 saturated carbocycles. The number of anilines is 1. The second-order valence-corrected chi connectivity index (χ2v) is 5.69. The van der Waals surface area contributed by atoms with Crippen LogP contribution in [-0.4, -0.2) is 26.4 Å². The molecular weight excluding hydrogens is 314 g/mol. The van der Waals surface area contributed by atoms with Crippen molar-refractivity contribution in [3.8, 4) is 5.75 Å². The van der Waals surface area contributed by atoms with Gasteiger partial charge >= 0.3 is 0 Å². The number of ether oxygens (including phenoxy) is 1. The summed E-state index contributed by atoms with van der Waals surface area (Å²) in [4.78, 5) is 0. The van der Waals surface area contributed by atoms with Crippen molar-refractivity contribution in [3.05, 3.63) is 46.9 Å². The average Bonchev–Trinajstić information content (AvgIpc) is 3.00. The predicted molar refractivity (Wildman–Crippen MR) is 90.1 cm³/mol. The van der Waals surface area contributed by atoms with Gasteiger partial charge in [-0.25, -0.2) is 0 Å². The van der Waals surface area contributed by atoms with Crippen LogP contribution in [0.2, 0.25) is 5.02 Å². The Bertz CT molecular complexity index is 817. The zero-order valence-corrected chi connectivity index (χ0v) is 13.8.